The number of hydrogen-bond donors (Lipinski definition) is 3. The van der Waals surface area contributed by atoms with Crippen LogP contribution in [0.4, 0.5) is 5.69 Å². The summed E-state index contributed by atoms with van der Waals surface area (Å²) in [5, 5.41) is 14.2. The Kier molecular flexibility index (Phi) is 7.04. The minimum atomic E-state index is -0.262. The lowest BCUT2D eigenvalue weighted by molar-refractivity contribution is -0.120. The molecule has 0 radical (unpaired) electrons. The molecule has 3 aromatic rings. The summed E-state index contributed by atoms with van der Waals surface area (Å²) in [7, 11) is 0. The number of benzene rings is 1. The number of nitrogens with one attached hydrogen (secondary N) is 3. The van der Waals surface area contributed by atoms with Gasteiger partial charge in [0.2, 0.25) is 11.7 Å². The zero-order valence-electron chi connectivity index (χ0n) is 19.4. The lowest BCUT2D eigenvalue weighted by atomic mass is 9.97. The molecule has 5 rings (SSSR count). The molecule has 3 N–H and O–H groups in total. The molecule has 34 heavy (non-hydrogen) atoms. The van der Waals surface area contributed by atoms with Gasteiger partial charge in [-0.25, -0.2) is 0 Å². The molecule has 0 saturated carbocycles. The highest BCUT2D eigenvalue weighted by Crippen LogP contribution is 2.40. The number of fused-ring (bicyclic) bond motifs is 3. The SMILES string of the molecule is O=C(NCCCC1CCc2sc3c(c2NC1=O)CCCCC3)c1nnc(Cc2ccccc2)[nH]1. The van der Waals surface area contributed by atoms with Crippen molar-refractivity contribution in [2.24, 2.45) is 5.92 Å². The van der Waals surface area contributed by atoms with Gasteiger partial charge in [0.15, 0.2) is 0 Å². The van der Waals surface area contributed by atoms with Crippen LogP contribution in [0, 0.1) is 5.92 Å². The van der Waals surface area contributed by atoms with Crippen LogP contribution in [0.25, 0.3) is 0 Å². The lowest BCUT2D eigenvalue weighted by Crippen LogP contribution is -2.27. The molecule has 0 spiro atoms. The van der Waals surface area contributed by atoms with Crippen LogP contribution < -0.4 is 10.6 Å². The molecule has 7 nitrogen and oxygen atoms in total. The van der Waals surface area contributed by atoms with Crippen molar-refractivity contribution in [3.63, 3.8) is 0 Å². The van der Waals surface area contributed by atoms with Gasteiger partial charge in [-0.15, -0.1) is 21.5 Å². The molecule has 0 fully saturated rings. The maximum Gasteiger partial charge on any atom is 0.289 e. The summed E-state index contributed by atoms with van der Waals surface area (Å²) in [6.07, 6.45) is 9.96. The van der Waals surface area contributed by atoms with Crippen LogP contribution in [0.3, 0.4) is 0 Å². The summed E-state index contributed by atoms with van der Waals surface area (Å²) < 4.78 is 0. The van der Waals surface area contributed by atoms with Gasteiger partial charge in [-0.3, -0.25) is 9.59 Å². The molecule has 1 aliphatic carbocycles. The van der Waals surface area contributed by atoms with E-state index in [1.165, 1.54) is 34.6 Å². The van der Waals surface area contributed by atoms with Gasteiger partial charge in [0.05, 0.1) is 5.69 Å². The predicted molar refractivity (Wildman–Crippen MR) is 133 cm³/mol. The second-order valence-corrected chi connectivity index (χ2v) is 10.5. The number of nitrogens with zero attached hydrogens (tertiary/aromatic N) is 2. The number of rotatable bonds is 7. The number of aromatic nitrogens is 3. The van der Waals surface area contributed by atoms with Crippen LogP contribution in [0.15, 0.2) is 30.3 Å². The number of carbonyl (C=O) groups excluding carboxylic acids is 2. The number of amides is 2. The molecule has 1 unspecified atom stereocenters. The quantitative estimate of drug-likeness (QED) is 0.346. The summed E-state index contributed by atoms with van der Waals surface area (Å²) >= 11 is 1.91. The van der Waals surface area contributed by atoms with E-state index in [0.717, 1.165) is 49.8 Å². The number of aryl methyl sites for hydroxylation is 2. The van der Waals surface area contributed by atoms with E-state index in [9.17, 15) is 9.59 Å². The molecule has 0 bridgehead atoms. The van der Waals surface area contributed by atoms with Gasteiger partial charge >= 0.3 is 0 Å². The van der Waals surface area contributed by atoms with Gasteiger partial charge in [-0.2, -0.15) is 0 Å². The first kappa shape index (κ1) is 22.8. The zero-order chi connectivity index (χ0) is 23.3. The Morgan fingerprint density at radius 2 is 1.91 bits per heavy atom. The zero-order valence-corrected chi connectivity index (χ0v) is 20.2. The normalized spacial score (nSPS) is 17.8. The maximum atomic E-state index is 12.9. The molecule has 2 aliphatic rings. The molecule has 2 aromatic heterocycles. The van der Waals surface area contributed by atoms with Gasteiger partial charge in [0, 0.05) is 28.6 Å². The van der Waals surface area contributed by atoms with Crippen molar-refractivity contribution in [2.75, 3.05) is 11.9 Å². The molecule has 0 saturated heterocycles. The number of thiophene rings is 1. The van der Waals surface area contributed by atoms with E-state index >= 15 is 0 Å². The van der Waals surface area contributed by atoms with Crippen molar-refractivity contribution >= 4 is 28.8 Å². The smallest absolute Gasteiger partial charge is 0.289 e. The van der Waals surface area contributed by atoms with E-state index in [1.54, 1.807) is 0 Å². The molecule has 2 amide bonds. The minimum absolute atomic E-state index is 0.0133. The number of aromatic amines is 1. The highest BCUT2D eigenvalue weighted by molar-refractivity contribution is 7.12. The average molecular weight is 478 g/mol. The fourth-order valence-corrected chi connectivity index (χ4v) is 6.33. The highest BCUT2D eigenvalue weighted by atomic mass is 32.1. The first-order valence-electron chi connectivity index (χ1n) is 12.4. The van der Waals surface area contributed by atoms with Crippen LogP contribution in [-0.2, 0) is 30.5 Å². The summed E-state index contributed by atoms with van der Waals surface area (Å²) in [5.41, 5.74) is 3.63. The second kappa shape index (κ2) is 10.5. The number of anilines is 1. The molecule has 1 aromatic carbocycles. The van der Waals surface area contributed by atoms with E-state index in [0.29, 0.717) is 18.8 Å². The Balaban J connectivity index is 1.09. The number of hydrogen-bond acceptors (Lipinski definition) is 5. The van der Waals surface area contributed by atoms with Crippen LogP contribution >= 0.6 is 11.3 Å². The van der Waals surface area contributed by atoms with Crippen LogP contribution in [0.1, 0.15) is 75.8 Å². The van der Waals surface area contributed by atoms with Gasteiger partial charge in [0.25, 0.3) is 5.91 Å². The number of carbonyl (C=O) groups is 2. The first-order valence-corrected chi connectivity index (χ1v) is 13.2. The van der Waals surface area contributed by atoms with Crippen molar-refractivity contribution in [1.29, 1.82) is 0 Å². The van der Waals surface area contributed by atoms with Crippen molar-refractivity contribution in [2.45, 2.75) is 64.2 Å². The molecule has 1 aliphatic heterocycles. The van der Waals surface area contributed by atoms with Gasteiger partial charge < -0.3 is 15.6 Å². The summed E-state index contributed by atoms with van der Waals surface area (Å²) in [6, 6.07) is 9.95. The van der Waals surface area contributed by atoms with Crippen molar-refractivity contribution in [3.8, 4) is 0 Å². The standard InChI is InChI=1S/C26H31N5O2S/c32-25-18(13-14-21-23(29-25)19-11-5-2-6-12-20(19)34-21)10-7-15-27-26(33)24-28-22(30-31-24)16-17-8-3-1-4-9-17/h1,3-4,8-9,18H,2,5-7,10-16H2,(H,27,33)(H,29,32)(H,28,30,31). The summed E-state index contributed by atoms with van der Waals surface area (Å²) in [5.74, 6) is 0.749. The fourth-order valence-electron chi connectivity index (χ4n) is 4.96. The average Bonchev–Trinajstić information content (AvgIpc) is 3.30. The van der Waals surface area contributed by atoms with E-state index < -0.39 is 0 Å². The van der Waals surface area contributed by atoms with E-state index in [1.807, 2.05) is 41.7 Å². The maximum absolute atomic E-state index is 12.9. The molecule has 1 atom stereocenters. The van der Waals surface area contributed by atoms with Gasteiger partial charge in [-0.05, 0) is 62.5 Å². The Morgan fingerprint density at radius 3 is 2.79 bits per heavy atom. The number of H-pyrrole nitrogens is 1. The first-order chi connectivity index (χ1) is 16.7. The minimum Gasteiger partial charge on any atom is -0.349 e. The van der Waals surface area contributed by atoms with Crippen molar-refractivity contribution in [3.05, 3.63) is 62.9 Å². The molecule has 3 heterocycles. The summed E-state index contributed by atoms with van der Waals surface area (Å²) in [4.78, 5) is 31.2. The third-order valence-electron chi connectivity index (χ3n) is 6.81. The molecule has 8 heteroatoms. The van der Waals surface area contributed by atoms with E-state index in [-0.39, 0.29) is 23.6 Å². The Hall–Kier alpha value is -3.00. The fraction of sp³-hybridized carbons (Fsp3) is 0.462. The Labute approximate surface area is 203 Å². The predicted octanol–water partition coefficient (Wildman–Crippen LogP) is 4.44. The Bertz CT molecular complexity index is 1150. The topological polar surface area (TPSA) is 99.8 Å². The third-order valence-corrected chi connectivity index (χ3v) is 8.16. The molecule has 178 valence electrons. The van der Waals surface area contributed by atoms with Crippen molar-refractivity contribution in [1.82, 2.24) is 20.5 Å². The van der Waals surface area contributed by atoms with Gasteiger partial charge in [-0.1, -0.05) is 36.8 Å². The third kappa shape index (κ3) is 5.22. The van der Waals surface area contributed by atoms with Crippen LogP contribution in [-0.4, -0.2) is 33.5 Å². The monoisotopic (exact) mass is 477 g/mol. The van der Waals surface area contributed by atoms with E-state index in [2.05, 4.69) is 25.8 Å². The highest BCUT2D eigenvalue weighted by Gasteiger charge is 2.28. The second-order valence-electron chi connectivity index (χ2n) is 9.27. The molecular formula is C26H31N5O2S. The molecular weight excluding hydrogens is 446 g/mol. The van der Waals surface area contributed by atoms with E-state index in [4.69, 9.17) is 0 Å². The van der Waals surface area contributed by atoms with Crippen LogP contribution in [0.2, 0.25) is 0 Å². The van der Waals surface area contributed by atoms with Gasteiger partial charge in [0.1, 0.15) is 5.82 Å². The lowest BCUT2D eigenvalue weighted by Gasteiger charge is -2.14. The van der Waals surface area contributed by atoms with Crippen LogP contribution in [0.5, 0.6) is 0 Å². The Morgan fingerprint density at radius 1 is 1.06 bits per heavy atom. The summed E-state index contributed by atoms with van der Waals surface area (Å²) in [6.45, 7) is 0.508. The largest absolute Gasteiger partial charge is 0.349 e. The van der Waals surface area contributed by atoms with Crippen molar-refractivity contribution < 1.29 is 9.59 Å².